The van der Waals surface area contributed by atoms with Crippen molar-refractivity contribution in [2.45, 2.75) is 20.4 Å². The fourth-order valence-corrected chi connectivity index (χ4v) is 1.79. The van der Waals surface area contributed by atoms with Crippen molar-refractivity contribution in [1.82, 2.24) is 29.9 Å². The Morgan fingerprint density at radius 2 is 1.95 bits per heavy atom. The highest BCUT2D eigenvalue weighted by Gasteiger charge is 2.10. The fourth-order valence-electron chi connectivity index (χ4n) is 1.79. The van der Waals surface area contributed by atoms with Gasteiger partial charge in [0.25, 0.3) is 0 Å². The smallest absolute Gasteiger partial charge is 0.243 e. The van der Waals surface area contributed by atoms with Crippen molar-refractivity contribution in [1.29, 1.82) is 0 Å². The summed E-state index contributed by atoms with van der Waals surface area (Å²) in [5, 5.41) is 10.8. The zero-order valence-electron chi connectivity index (χ0n) is 12.2. The van der Waals surface area contributed by atoms with Crippen LogP contribution in [0.25, 0.3) is 0 Å². The summed E-state index contributed by atoms with van der Waals surface area (Å²) in [6.45, 7) is 6.99. The molecule has 0 aliphatic carbocycles. The van der Waals surface area contributed by atoms with Gasteiger partial charge in [0.1, 0.15) is 0 Å². The summed E-state index contributed by atoms with van der Waals surface area (Å²) in [5.41, 5.74) is 2.46. The van der Waals surface area contributed by atoms with E-state index in [0.29, 0.717) is 30.9 Å². The van der Waals surface area contributed by atoms with Gasteiger partial charge in [0.2, 0.25) is 17.8 Å². The molecule has 10 nitrogen and oxygen atoms in total. The number of nitrogens with two attached hydrogens (primary N) is 1. The molecule has 21 heavy (non-hydrogen) atoms. The van der Waals surface area contributed by atoms with Crippen LogP contribution in [0, 0.1) is 0 Å². The van der Waals surface area contributed by atoms with Crippen LogP contribution < -0.4 is 21.5 Å². The molecule has 0 aliphatic heterocycles. The SMILES string of the molecule is CCN(CC)c1nc(NN)nc(NCCn2ccnn2)n1. The second-order valence-electron chi connectivity index (χ2n) is 4.19. The van der Waals surface area contributed by atoms with Crippen LogP contribution >= 0.6 is 0 Å². The molecule has 4 N–H and O–H groups in total. The van der Waals surface area contributed by atoms with Gasteiger partial charge in [0, 0.05) is 25.8 Å². The standard InChI is InChI=1S/C11H20N10/c1-3-20(4-2)11-16-9(15-10(17-11)18-12)13-5-7-21-8-6-14-19-21/h6,8H,3-5,7,12H2,1-2H3,(H2,13,15,16,17,18). The van der Waals surface area contributed by atoms with Gasteiger partial charge in [0.15, 0.2) is 0 Å². The van der Waals surface area contributed by atoms with Crippen LogP contribution in [0.3, 0.4) is 0 Å². The monoisotopic (exact) mass is 292 g/mol. The molecule has 0 saturated heterocycles. The third-order valence-corrected chi connectivity index (χ3v) is 2.89. The third-order valence-electron chi connectivity index (χ3n) is 2.89. The number of aromatic nitrogens is 6. The Hall–Kier alpha value is -2.49. The van der Waals surface area contributed by atoms with Crippen LogP contribution in [0.4, 0.5) is 17.8 Å². The van der Waals surface area contributed by atoms with Crippen LogP contribution in [0.5, 0.6) is 0 Å². The average molecular weight is 292 g/mol. The van der Waals surface area contributed by atoms with Crippen LogP contribution in [-0.4, -0.2) is 49.6 Å². The van der Waals surface area contributed by atoms with Crippen LogP contribution in [0.2, 0.25) is 0 Å². The largest absolute Gasteiger partial charge is 0.352 e. The first kappa shape index (κ1) is 14.9. The molecule has 10 heteroatoms. The zero-order chi connectivity index (χ0) is 15.1. The normalized spacial score (nSPS) is 10.4. The first-order valence-corrected chi connectivity index (χ1v) is 6.82. The number of nitrogens with zero attached hydrogens (tertiary/aromatic N) is 7. The molecule has 2 aromatic heterocycles. The highest BCUT2D eigenvalue weighted by atomic mass is 15.4. The van der Waals surface area contributed by atoms with E-state index in [2.05, 4.69) is 36.0 Å². The van der Waals surface area contributed by atoms with Crippen molar-refractivity contribution in [2.24, 2.45) is 5.84 Å². The van der Waals surface area contributed by atoms with E-state index in [9.17, 15) is 0 Å². The summed E-state index contributed by atoms with van der Waals surface area (Å²) in [6, 6.07) is 0. The van der Waals surface area contributed by atoms with Gasteiger partial charge in [-0.2, -0.15) is 15.0 Å². The summed E-state index contributed by atoms with van der Waals surface area (Å²) in [6.07, 6.45) is 3.43. The van der Waals surface area contributed by atoms with E-state index in [0.717, 1.165) is 13.1 Å². The molecular weight excluding hydrogens is 272 g/mol. The molecular formula is C11H20N10. The number of hydrogen-bond donors (Lipinski definition) is 3. The molecule has 0 radical (unpaired) electrons. The molecule has 2 heterocycles. The molecule has 0 spiro atoms. The van der Waals surface area contributed by atoms with E-state index in [1.807, 2.05) is 18.7 Å². The second-order valence-corrected chi connectivity index (χ2v) is 4.19. The van der Waals surface area contributed by atoms with Gasteiger partial charge in [-0.25, -0.2) is 5.84 Å². The Bertz CT molecular complexity index is 536. The Kier molecular flexibility index (Phi) is 5.21. The summed E-state index contributed by atoms with van der Waals surface area (Å²) < 4.78 is 1.72. The predicted molar refractivity (Wildman–Crippen MR) is 79.7 cm³/mol. The third kappa shape index (κ3) is 3.99. The molecule has 0 atom stereocenters. The van der Waals surface area contributed by atoms with Gasteiger partial charge < -0.3 is 10.2 Å². The molecule has 114 valence electrons. The highest BCUT2D eigenvalue weighted by molar-refractivity contribution is 5.43. The molecule has 2 rings (SSSR count). The number of rotatable bonds is 8. The van der Waals surface area contributed by atoms with Crippen molar-refractivity contribution in [2.75, 3.05) is 35.3 Å². The second kappa shape index (κ2) is 7.33. The summed E-state index contributed by atoms with van der Waals surface area (Å²) in [4.78, 5) is 14.8. The average Bonchev–Trinajstić information content (AvgIpc) is 3.01. The Balaban J connectivity index is 2.05. The molecule has 0 aliphatic rings. The van der Waals surface area contributed by atoms with Gasteiger partial charge in [-0.1, -0.05) is 5.21 Å². The fraction of sp³-hybridized carbons (Fsp3) is 0.545. The van der Waals surface area contributed by atoms with Gasteiger partial charge in [-0.3, -0.25) is 10.1 Å². The van der Waals surface area contributed by atoms with E-state index in [-0.39, 0.29) is 0 Å². The molecule has 0 amide bonds. The van der Waals surface area contributed by atoms with Crippen molar-refractivity contribution >= 4 is 17.8 Å². The predicted octanol–water partition coefficient (Wildman–Crippen LogP) is -0.293. The van der Waals surface area contributed by atoms with E-state index < -0.39 is 0 Å². The van der Waals surface area contributed by atoms with Crippen molar-refractivity contribution < 1.29 is 0 Å². The number of nitrogens with one attached hydrogen (secondary N) is 2. The number of anilines is 3. The van der Waals surface area contributed by atoms with Gasteiger partial charge in [0.05, 0.1) is 12.7 Å². The van der Waals surface area contributed by atoms with E-state index in [1.165, 1.54) is 0 Å². The van der Waals surface area contributed by atoms with Gasteiger partial charge in [-0.15, -0.1) is 5.10 Å². The van der Waals surface area contributed by atoms with Crippen LogP contribution in [0.15, 0.2) is 12.4 Å². The quantitative estimate of drug-likeness (QED) is 0.444. The Labute approximate surface area is 122 Å². The van der Waals surface area contributed by atoms with Crippen molar-refractivity contribution in [3.05, 3.63) is 12.4 Å². The lowest BCUT2D eigenvalue weighted by molar-refractivity contribution is 0.607. The number of hydrogen-bond acceptors (Lipinski definition) is 9. The first-order valence-electron chi connectivity index (χ1n) is 6.82. The summed E-state index contributed by atoms with van der Waals surface area (Å²) in [5.74, 6) is 6.80. The lowest BCUT2D eigenvalue weighted by atomic mass is 10.5. The minimum atomic E-state index is 0.329. The number of hydrazine groups is 1. The Morgan fingerprint density at radius 1 is 1.19 bits per heavy atom. The minimum Gasteiger partial charge on any atom is -0.352 e. The van der Waals surface area contributed by atoms with Gasteiger partial charge >= 0.3 is 0 Å². The first-order chi connectivity index (χ1) is 10.3. The lowest BCUT2D eigenvalue weighted by Crippen LogP contribution is -2.26. The van der Waals surface area contributed by atoms with Gasteiger partial charge in [-0.05, 0) is 13.8 Å². The maximum absolute atomic E-state index is 5.41. The summed E-state index contributed by atoms with van der Waals surface area (Å²) in [7, 11) is 0. The van der Waals surface area contributed by atoms with Crippen molar-refractivity contribution in [3.8, 4) is 0 Å². The van der Waals surface area contributed by atoms with Crippen LogP contribution in [0.1, 0.15) is 13.8 Å². The minimum absolute atomic E-state index is 0.329. The van der Waals surface area contributed by atoms with E-state index >= 15 is 0 Å². The topological polar surface area (TPSA) is 123 Å². The molecule has 0 aromatic carbocycles. The summed E-state index contributed by atoms with van der Waals surface area (Å²) >= 11 is 0. The number of nitrogen functional groups attached to an aromatic ring is 1. The van der Waals surface area contributed by atoms with E-state index in [4.69, 9.17) is 5.84 Å². The Morgan fingerprint density at radius 3 is 2.57 bits per heavy atom. The molecule has 0 unspecified atom stereocenters. The highest BCUT2D eigenvalue weighted by Crippen LogP contribution is 2.12. The zero-order valence-corrected chi connectivity index (χ0v) is 12.2. The van der Waals surface area contributed by atoms with Crippen molar-refractivity contribution in [3.63, 3.8) is 0 Å². The molecule has 0 saturated carbocycles. The van der Waals surface area contributed by atoms with E-state index in [1.54, 1.807) is 17.1 Å². The maximum atomic E-state index is 5.41. The molecule has 2 aromatic rings. The lowest BCUT2D eigenvalue weighted by Gasteiger charge is -2.19. The van der Waals surface area contributed by atoms with Crippen LogP contribution in [-0.2, 0) is 6.54 Å². The molecule has 0 bridgehead atoms. The maximum Gasteiger partial charge on any atom is 0.243 e. The molecule has 0 fully saturated rings.